The Kier molecular flexibility index (Phi) is 3.99. The van der Waals surface area contributed by atoms with Gasteiger partial charge < -0.3 is 16.0 Å². The van der Waals surface area contributed by atoms with E-state index in [2.05, 4.69) is 16.2 Å². The number of carbonyl (C=O) groups excluding carboxylic acids is 2. The summed E-state index contributed by atoms with van der Waals surface area (Å²) in [6, 6.07) is 9.54. The van der Waals surface area contributed by atoms with Crippen LogP contribution in [0.25, 0.3) is 0 Å². The SMILES string of the molecule is NC1NNC(C(=O)N2[C@@H]3CC[C@H]2CNC(=O)C3)C1c1ccccc1. The van der Waals surface area contributed by atoms with Gasteiger partial charge in [0.15, 0.2) is 0 Å². The van der Waals surface area contributed by atoms with Gasteiger partial charge in [0.1, 0.15) is 6.04 Å². The molecule has 3 saturated heterocycles. The van der Waals surface area contributed by atoms with E-state index in [1.165, 1.54) is 0 Å². The standard InChI is InChI=1S/C17H23N5O2/c18-16-14(10-4-2-1-3-5-10)15(20-21-16)17(24)22-11-6-7-12(22)9-19-13(23)8-11/h1-5,11-12,14-16,20-21H,6-9,18H2,(H,19,23)/t11-,12+,14?,15?,16?/m1/s1. The highest BCUT2D eigenvalue weighted by Gasteiger charge is 2.47. The van der Waals surface area contributed by atoms with Crippen molar-refractivity contribution in [2.75, 3.05) is 6.54 Å². The van der Waals surface area contributed by atoms with Crippen molar-refractivity contribution in [1.82, 2.24) is 21.1 Å². The lowest BCUT2D eigenvalue weighted by Gasteiger charge is -2.32. The highest BCUT2D eigenvalue weighted by molar-refractivity contribution is 5.86. The third-order valence-corrected chi connectivity index (χ3v) is 5.43. The molecule has 0 radical (unpaired) electrons. The smallest absolute Gasteiger partial charge is 0.242 e. The molecular formula is C17H23N5O2. The van der Waals surface area contributed by atoms with Crippen molar-refractivity contribution in [1.29, 1.82) is 0 Å². The number of nitrogens with two attached hydrogens (primary N) is 1. The molecular weight excluding hydrogens is 306 g/mol. The number of hydrazine groups is 1. The average Bonchev–Trinajstić information content (AvgIpc) is 3.11. The van der Waals surface area contributed by atoms with Crippen LogP contribution in [0.3, 0.4) is 0 Å². The minimum absolute atomic E-state index is 0.0000443. The van der Waals surface area contributed by atoms with Crippen LogP contribution >= 0.6 is 0 Å². The van der Waals surface area contributed by atoms with E-state index in [1.54, 1.807) is 0 Å². The quantitative estimate of drug-likeness (QED) is 0.581. The number of rotatable bonds is 2. The summed E-state index contributed by atoms with van der Waals surface area (Å²) in [6.07, 6.45) is 1.90. The number of nitrogens with one attached hydrogen (secondary N) is 3. The van der Waals surface area contributed by atoms with Gasteiger partial charge in [0, 0.05) is 31.0 Å². The second-order valence-electron chi connectivity index (χ2n) is 6.87. The molecule has 4 rings (SSSR count). The second kappa shape index (κ2) is 6.16. The molecule has 24 heavy (non-hydrogen) atoms. The van der Waals surface area contributed by atoms with Gasteiger partial charge in [-0.05, 0) is 18.4 Å². The van der Waals surface area contributed by atoms with Crippen LogP contribution in [0.4, 0.5) is 0 Å². The van der Waals surface area contributed by atoms with E-state index in [1.807, 2.05) is 35.2 Å². The minimum atomic E-state index is -0.418. The predicted octanol–water partition coefficient (Wildman–Crippen LogP) is -0.589. The molecule has 1 aromatic carbocycles. The van der Waals surface area contributed by atoms with Gasteiger partial charge in [-0.3, -0.25) is 9.59 Å². The van der Waals surface area contributed by atoms with Gasteiger partial charge in [0.2, 0.25) is 11.8 Å². The van der Waals surface area contributed by atoms with E-state index in [9.17, 15) is 9.59 Å². The van der Waals surface area contributed by atoms with Crippen molar-refractivity contribution in [2.45, 2.75) is 49.5 Å². The molecule has 0 spiro atoms. The first-order chi connectivity index (χ1) is 11.6. The Morgan fingerprint density at radius 3 is 2.67 bits per heavy atom. The summed E-state index contributed by atoms with van der Waals surface area (Å²) in [4.78, 5) is 27.0. The number of benzene rings is 1. The molecule has 3 aliphatic heterocycles. The van der Waals surface area contributed by atoms with Crippen molar-refractivity contribution in [2.24, 2.45) is 5.73 Å². The van der Waals surface area contributed by atoms with Crippen LogP contribution in [0, 0.1) is 0 Å². The fourth-order valence-electron chi connectivity index (χ4n) is 4.26. The minimum Gasteiger partial charge on any atom is -0.354 e. The molecule has 1 aromatic rings. The molecule has 0 aliphatic carbocycles. The summed E-state index contributed by atoms with van der Waals surface area (Å²) in [5.74, 6) is -0.0628. The van der Waals surface area contributed by atoms with Crippen molar-refractivity contribution >= 4 is 11.8 Å². The molecule has 0 aromatic heterocycles. The van der Waals surface area contributed by atoms with Crippen LogP contribution in [0.2, 0.25) is 0 Å². The lowest BCUT2D eigenvalue weighted by molar-refractivity contribution is -0.136. The summed E-state index contributed by atoms with van der Waals surface area (Å²) in [5.41, 5.74) is 13.3. The highest BCUT2D eigenvalue weighted by atomic mass is 16.2. The molecule has 3 aliphatic rings. The summed E-state index contributed by atoms with van der Waals surface area (Å²) in [5, 5.41) is 2.91. The van der Waals surface area contributed by atoms with Gasteiger partial charge >= 0.3 is 0 Å². The number of amides is 2. The molecule has 7 heteroatoms. The normalized spacial score (nSPS) is 35.6. The average molecular weight is 329 g/mol. The zero-order chi connectivity index (χ0) is 16.7. The van der Waals surface area contributed by atoms with Gasteiger partial charge in [-0.25, -0.2) is 10.9 Å². The molecule has 128 valence electrons. The lowest BCUT2D eigenvalue weighted by Crippen LogP contribution is -2.52. The Morgan fingerprint density at radius 1 is 1.12 bits per heavy atom. The van der Waals surface area contributed by atoms with Crippen LogP contribution in [-0.4, -0.2) is 47.6 Å². The topological polar surface area (TPSA) is 99.5 Å². The molecule has 2 bridgehead atoms. The van der Waals surface area contributed by atoms with E-state index in [4.69, 9.17) is 5.73 Å². The number of fused-ring (bicyclic) bond motifs is 2. The summed E-state index contributed by atoms with van der Waals surface area (Å²) in [7, 11) is 0. The van der Waals surface area contributed by atoms with Gasteiger partial charge in [-0.1, -0.05) is 30.3 Å². The number of carbonyl (C=O) groups is 2. The number of nitrogens with zero attached hydrogens (tertiary/aromatic N) is 1. The summed E-state index contributed by atoms with van der Waals surface area (Å²) in [6.45, 7) is 0.545. The van der Waals surface area contributed by atoms with Crippen LogP contribution in [-0.2, 0) is 9.59 Å². The Balaban J connectivity index is 1.60. The Labute approximate surface area is 140 Å². The monoisotopic (exact) mass is 329 g/mol. The van der Waals surface area contributed by atoms with Crippen LogP contribution in [0.1, 0.15) is 30.7 Å². The van der Waals surface area contributed by atoms with Gasteiger partial charge in [0.05, 0.1) is 6.17 Å². The first kappa shape index (κ1) is 15.6. The van der Waals surface area contributed by atoms with E-state index < -0.39 is 6.04 Å². The molecule has 7 nitrogen and oxygen atoms in total. The molecule has 5 N–H and O–H groups in total. The number of hydrogen-bond donors (Lipinski definition) is 4. The second-order valence-corrected chi connectivity index (χ2v) is 6.87. The first-order valence-corrected chi connectivity index (χ1v) is 8.55. The predicted molar refractivity (Wildman–Crippen MR) is 88.5 cm³/mol. The van der Waals surface area contributed by atoms with Crippen LogP contribution < -0.4 is 21.9 Å². The molecule has 3 fully saturated rings. The van der Waals surface area contributed by atoms with Crippen molar-refractivity contribution in [3.8, 4) is 0 Å². The molecule has 5 atom stereocenters. The van der Waals surface area contributed by atoms with Crippen molar-refractivity contribution in [3.05, 3.63) is 35.9 Å². The maximum absolute atomic E-state index is 13.3. The van der Waals surface area contributed by atoms with Gasteiger partial charge in [0.25, 0.3) is 0 Å². The van der Waals surface area contributed by atoms with Gasteiger partial charge in [-0.2, -0.15) is 0 Å². The Bertz CT molecular complexity index is 637. The third kappa shape index (κ3) is 2.58. The highest BCUT2D eigenvalue weighted by Crippen LogP contribution is 2.33. The summed E-state index contributed by atoms with van der Waals surface area (Å²) < 4.78 is 0. The fraction of sp³-hybridized carbons (Fsp3) is 0.529. The Morgan fingerprint density at radius 2 is 1.88 bits per heavy atom. The van der Waals surface area contributed by atoms with Crippen molar-refractivity contribution < 1.29 is 9.59 Å². The van der Waals surface area contributed by atoms with E-state index >= 15 is 0 Å². The lowest BCUT2D eigenvalue weighted by atomic mass is 9.89. The fourth-order valence-corrected chi connectivity index (χ4v) is 4.26. The molecule has 0 saturated carbocycles. The third-order valence-electron chi connectivity index (χ3n) is 5.43. The van der Waals surface area contributed by atoms with Crippen LogP contribution in [0.15, 0.2) is 30.3 Å². The molecule has 2 amide bonds. The first-order valence-electron chi connectivity index (χ1n) is 8.55. The van der Waals surface area contributed by atoms with Crippen molar-refractivity contribution in [3.63, 3.8) is 0 Å². The summed E-state index contributed by atoms with van der Waals surface area (Å²) >= 11 is 0. The van der Waals surface area contributed by atoms with E-state index in [-0.39, 0.29) is 36.0 Å². The van der Waals surface area contributed by atoms with Crippen LogP contribution in [0.5, 0.6) is 0 Å². The molecule has 3 unspecified atom stereocenters. The Hall–Kier alpha value is -1.96. The maximum atomic E-state index is 13.3. The number of hydrogen-bond acceptors (Lipinski definition) is 5. The zero-order valence-corrected chi connectivity index (χ0v) is 13.4. The largest absolute Gasteiger partial charge is 0.354 e. The zero-order valence-electron chi connectivity index (χ0n) is 13.4. The molecule has 3 heterocycles. The maximum Gasteiger partial charge on any atom is 0.242 e. The van der Waals surface area contributed by atoms with Gasteiger partial charge in [-0.15, -0.1) is 0 Å². The van der Waals surface area contributed by atoms with E-state index in [0.29, 0.717) is 13.0 Å². The van der Waals surface area contributed by atoms with E-state index in [0.717, 1.165) is 18.4 Å².